The molecule has 0 saturated carbocycles. The van der Waals surface area contributed by atoms with Crippen molar-refractivity contribution >= 4 is 57.5 Å². The SMILES string of the molecule is Cc1cccc(CN2C(=O)S/C(=C\c3ccc(OC(=O)c4ccccc4I)cc3)C2=O)c1. The Bertz CT molecular complexity index is 1240. The second kappa shape index (κ2) is 9.70. The van der Waals surface area contributed by atoms with E-state index in [2.05, 4.69) is 22.6 Å². The molecule has 1 aliphatic rings. The molecule has 7 heteroatoms. The van der Waals surface area contributed by atoms with Gasteiger partial charge in [0, 0.05) is 3.57 Å². The molecule has 2 amide bonds. The first-order valence-electron chi connectivity index (χ1n) is 9.78. The number of carbonyl (C=O) groups is 3. The topological polar surface area (TPSA) is 63.7 Å². The fraction of sp³-hybridized carbons (Fsp3) is 0.0800. The zero-order chi connectivity index (χ0) is 22.7. The van der Waals surface area contributed by atoms with Gasteiger partial charge in [-0.25, -0.2) is 4.79 Å². The number of esters is 1. The van der Waals surface area contributed by atoms with Crippen LogP contribution >= 0.6 is 34.4 Å². The molecule has 1 fully saturated rings. The van der Waals surface area contributed by atoms with Gasteiger partial charge >= 0.3 is 5.97 Å². The summed E-state index contributed by atoms with van der Waals surface area (Å²) in [5, 5.41) is -0.286. The number of nitrogens with zero attached hydrogens (tertiary/aromatic N) is 1. The Labute approximate surface area is 203 Å². The summed E-state index contributed by atoms with van der Waals surface area (Å²) in [7, 11) is 0. The summed E-state index contributed by atoms with van der Waals surface area (Å²) >= 11 is 3.02. The Morgan fingerprint density at radius 2 is 1.78 bits per heavy atom. The van der Waals surface area contributed by atoms with Gasteiger partial charge in [0.1, 0.15) is 5.75 Å². The number of halogens is 1. The molecule has 1 heterocycles. The van der Waals surface area contributed by atoms with Crippen molar-refractivity contribution in [1.82, 2.24) is 4.90 Å². The quantitative estimate of drug-likeness (QED) is 0.166. The number of hydrogen-bond donors (Lipinski definition) is 0. The van der Waals surface area contributed by atoms with E-state index in [-0.39, 0.29) is 17.7 Å². The van der Waals surface area contributed by atoms with Gasteiger partial charge in [-0.1, -0.05) is 54.1 Å². The Balaban J connectivity index is 1.45. The Kier molecular flexibility index (Phi) is 6.76. The number of ether oxygens (including phenoxy) is 1. The maximum Gasteiger partial charge on any atom is 0.344 e. The smallest absolute Gasteiger partial charge is 0.344 e. The van der Waals surface area contributed by atoms with Crippen LogP contribution in [0.2, 0.25) is 0 Å². The number of benzene rings is 3. The van der Waals surface area contributed by atoms with Crippen LogP contribution in [-0.4, -0.2) is 22.0 Å². The molecule has 3 aromatic rings. The lowest BCUT2D eigenvalue weighted by Gasteiger charge is -2.12. The molecule has 0 aromatic heterocycles. The zero-order valence-electron chi connectivity index (χ0n) is 17.1. The molecule has 4 rings (SSSR count). The lowest BCUT2D eigenvalue weighted by molar-refractivity contribution is -0.123. The fourth-order valence-corrected chi connectivity index (χ4v) is 4.65. The van der Waals surface area contributed by atoms with E-state index in [4.69, 9.17) is 4.74 Å². The van der Waals surface area contributed by atoms with Crippen LogP contribution < -0.4 is 4.74 Å². The second-order valence-corrected chi connectivity index (χ2v) is 9.35. The normalized spacial score (nSPS) is 14.8. The first-order valence-corrected chi connectivity index (χ1v) is 11.7. The van der Waals surface area contributed by atoms with Crippen molar-refractivity contribution in [3.8, 4) is 5.75 Å². The molecule has 0 radical (unpaired) electrons. The van der Waals surface area contributed by atoms with E-state index in [9.17, 15) is 14.4 Å². The molecule has 0 unspecified atom stereocenters. The van der Waals surface area contributed by atoms with Crippen molar-refractivity contribution in [3.05, 3.63) is 104 Å². The van der Waals surface area contributed by atoms with Gasteiger partial charge in [-0.3, -0.25) is 14.5 Å². The molecule has 0 aliphatic carbocycles. The minimum atomic E-state index is -0.431. The van der Waals surface area contributed by atoms with Crippen molar-refractivity contribution in [2.24, 2.45) is 0 Å². The van der Waals surface area contributed by atoms with Gasteiger partial charge < -0.3 is 4.74 Å². The minimum Gasteiger partial charge on any atom is -0.423 e. The van der Waals surface area contributed by atoms with Crippen molar-refractivity contribution < 1.29 is 19.1 Å². The molecule has 3 aromatic carbocycles. The zero-order valence-corrected chi connectivity index (χ0v) is 20.1. The molecule has 0 N–H and O–H groups in total. The number of carbonyl (C=O) groups excluding carboxylic acids is 3. The van der Waals surface area contributed by atoms with Crippen molar-refractivity contribution in [2.45, 2.75) is 13.5 Å². The molecule has 0 bridgehead atoms. The third kappa shape index (κ3) is 5.11. The van der Waals surface area contributed by atoms with Crippen LogP contribution in [0.4, 0.5) is 4.79 Å². The third-order valence-electron chi connectivity index (χ3n) is 4.78. The average molecular weight is 555 g/mol. The minimum absolute atomic E-state index is 0.247. The lowest BCUT2D eigenvalue weighted by Crippen LogP contribution is -2.27. The number of hydrogen-bond acceptors (Lipinski definition) is 5. The van der Waals surface area contributed by atoms with Crippen LogP contribution in [0.5, 0.6) is 5.75 Å². The summed E-state index contributed by atoms with van der Waals surface area (Å²) in [6.07, 6.45) is 1.67. The molecule has 160 valence electrons. The molecule has 1 aliphatic heterocycles. The van der Waals surface area contributed by atoms with Gasteiger partial charge in [0.15, 0.2) is 0 Å². The van der Waals surface area contributed by atoms with E-state index in [1.807, 2.05) is 43.3 Å². The van der Waals surface area contributed by atoms with E-state index >= 15 is 0 Å². The number of imide groups is 1. The van der Waals surface area contributed by atoms with Gasteiger partial charge in [-0.05, 0) is 82.7 Å². The van der Waals surface area contributed by atoms with Gasteiger partial charge in [-0.2, -0.15) is 0 Å². The Morgan fingerprint density at radius 1 is 1.03 bits per heavy atom. The summed E-state index contributed by atoms with van der Waals surface area (Å²) in [6, 6.07) is 21.7. The van der Waals surface area contributed by atoms with Crippen LogP contribution in [0.1, 0.15) is 27.0 Å². The first kappa shape index (κ1) is 22.3. The van der Waals surface area contributed by atoms with Crippen LogP contribution in [-0.2, 0) is 11.3 Å². The van der Waals surface area contributed by atoms with Crippen LogP contribution in [0.3, 0.4) is 0 Å². The van der Waals surface area contributed by atoms with Gasteiger partial charge in [-0.15, -0.1) is 0 Å². The number of thioether (sulfide) groups is 1. The summed E-state index contributed by atoms with van der Waals surface area (Å²) < 4.78 is 6.25. The van der Waals surface area contributed by atoms with Crippen LogP contribution in [0.25, 0.3) is 6.08 Å². The van der Waals surface area contributed by atoms with E-state index in [1.54, 1.807) is 42.5 Å². The summed E-state index contributed by atoms with van der Waals surface area (Å²) in [6.45, 7) is 2.22. The maximum atomic E-state index is 12.8. The van der Waals surface area contributed by atoms with Gasteiger partial charge in [0.25, 0.3) is 11.1 Å². The number of rotatable bonds is 5. The van der Waals surface area contributed by atoms with Crippen molar-refractivity contribution in [2.75, 3.05) is 0 Å². The first-order chi connectivity index (χ1) is 15.4. The van der Waals surface area contributed by atoms with Crippen molar-refractivity contribution in [1.29, 1.82) is 0 Å². The van der Waals surface area contributed by atoms with Gasteiger partial charge in [0.05, 0.1) is 17.0 Å². The molecule has 0 spiro atoms. The van der Waals surface area contributed by atoms with Crippen LogP contribution in [0, 0.1) is 10.5 Å². The van der Waals surface area contributed by atoms with Gasteiger partial charge in [0.2, 0.25) is 0 Å². The summed E-state index contributed by atoms with van der Waals surface area (Å²) in [5.41, 5.74) is 3.22. The predicted molar refractivity (Wildman–Crippen MR) is 133 cm³/mol. The number of amides is 2. The molecule has 1 saturated heterocycles. The fourth-order valence-electron chi connectivity index (χ4n) is 3.20. The highest BCUT2D eigenvalue weighted by Gasteiger charge is 2.34. The Morgan fingerprint density at radius 3 is 2.50 bits per heavy atom. The molecular weight excluding hydrogens is 537 g/mol. The molecule has 32 heavy (non-hydrogen) atoms. The average Bonchev–Trinajstić information content (AvgIpc) is 3.03. The summed E-state index contributed by atoms with van der Waals surface area (Å²) in [5.74, 6) is -0.338. The van der Waals surface area contributed by atoms with Crippen LogP contribution in [0.15, 0.2) is 77.7 Å². The predicted octanol–water partition coefficient (Wildman–Crippen LogP) is 6.06. The monoisotopic (exact) mass is 555 g/mol. The van der Waals surface area contributed by atoms with E-state index in [1.165, 1.54) is 4.90 Å². The standard InChI is InChI=1S/C25H18INO4S/c1-16-5-4-6-18(13-16)15-27-23(28)22(32-25(27)30)14-17-9-11-19(12-10-17)31-24(29)20-7-2-3-8-21(20)26/h2-14H,15H2,1H3/b22-14-. The van der Waals surface area contributed by atoms with E-state index < -0.39 is 5.97 Å². The van der Waals surface area contributed by atoms with Crippen molar-refractivity contribution in [3.63, 3.8) is 0 Å². The molecule has 0 atom stereocenters. The molecule has 5 nitrogen and oxygen atoms in total. The lowest BCUT2D eigenvalue weighted by atomic mass is 10.1. The Hall–Kier alpha value is -2.91. The van der Waals surface area contributed by atoms with E-state index in [0.717, 1.165) is 32.0 Å². The largest absolute Gasteiger partial charge is 0.423 e. The highest BCUT2D eigenvalue weighted by Crippen LogP contribution is 2.33. The maximum absolute atomic E-state index is 12.8. The van der Waals surface area contributed by atoms with E-state index in [0.29, 0.717) is 16.2 Å². The number of aryl methyl sites for hydroxylation is 1. The molecular formula is C25H18INO4S. The highest BCUT2D eigenvalue weighted by molar-refractivity contribution is 14.1. The third-order valence-corrected chi connectivity index (χ3v) is 6.63. The highest BCUT2D eigenvalue weighted by atomic mass is 127. The summed E-state index contributed by atoms with van der Waals surface area (Å²) in [4.78, 5) is 39.1. The second-order valence-electron chi connectivity index (χ2n) is 7.20.